The lowest BCUT2D eigenvalue weighted by Crippen LogP contribution is -2.48. The van der Waals surface area contributed by atoms with Crippen LogP contribution in [0.15, 0.2) is 0 Å². The fourth-order valence-electron chi connectivity index (χ4n) is 1.97. The minimum atomic E-state index is -0.543. The van der Waals surface area contributed by atoms with Crippen molar-refractivity contribution in [2.75, 3.05) is 6.61 Å². The van der Waals surface area contributed by atoms with Gasteiger partial charge in [0.25, 0.3) is 0 Å². The highest BCUT2D eigenvalue weighted by Gasteiger charge is 2.51. The van der Waals surface area contributed by atoms with Crippen molar-refractivity contribution in [3.63, 3.8) is 0 Å². The summed E-state index contributed by atoms with van der Waals surface area (Å²) in [6.45, 7) is 8.52. The van der Waals surface area contributed by atoms with Crippen LogP contribution in [0.25, 0.3) is 0 Å². The third-order valence-electron chi connectivity index (χ3n) is 2.81. The minimum absolute atomic E-state index is 0.356. The maximum absolute atomic E-state index is 12.0. The molecule has 1 saturated heterocycles. The van der Waals surface area contributed by atoms with Crippen LogP contribution in [0.5, 0.6) is 0 Å². The molecule has 77 valence electrons. The fraction of sp³-hybridized carbons (Fsp3) is 1.00. The molecule has 3 nitrogen and oxygen atoms in total. The molecule has 0 aromatic heterocycles. The van der Waals surface area contributed by atoms with Crippen molar-refractivity contribution in [1.82, 2.24) is 5.06 Å². The lowest BCUT2D eigenvalue weighted by atomic mass is 10.1. The predicted octanol–water partition coefficient (Wildman–Crippen LogP) is 2.35. The molecule has 0 aromatic carbocycles. The Morgan fingerprint density at radius 3 is 2.54 bits per heavy atom. The van der Waals surface area contributed by atoms with Crippen LogP contribution in [0.3, 0.4) is 0 Å². The highest BCUT2D eigenvalue weighted by Crippen LogP contribution is 2.38. The first-order chi connectivity index (χ1) is 5.98. The molecule has 3 heteroatoms. The molecule has 0 aliphatic carbocycles. The number of ether oxygens (including phenoxy) is 1. The van der Waals surface area contributed by atoms with E-state index in [-0.39, 0.29) is 5.54 Å². The van der Waals surface area contributed by atoms with Gasteiger partial charge in [0.05, 0.1) is 12.1 Å². The molecule has 1 aliphatic heterocycles. The Hall–Kier alpha value is -0.120. The van der Waals surface area contributed by atoms with Crippen molar-refractivity contribution in [3.05, 3.63) is 0 Å². The monoisotopic (exact) mass is 192 g/mol. The second kappa shape index (κ2) is 3.56. The molecule has 1 atom stereocenters. The van der Waals surface area contributed by atoms with Gasteiger partial charge < -0.3 is 4.74 Å². The van der Waals surface area contributed by atoms with E-state index in [2.05, 4.69) is 6.92 Å². The Kier molecular flexibility index (Phi) is 3.00. The van der Waals surface area contributed by atoms with Gasteiger partial charge in [-0.05, 0) is 26.7 Å². The molecule has 1 heterocycles. The lowest BCUT2D eigenvalue weighted by molar-refractivity contribution is -0.294. The van der Waals surface area contributed by atoms with E-state index in [1.54, 1.807) is 0 Å². The minimum Gasteiger partial charge on any atom is -0.356 e. The first-order valence-corrected chi connectivity index (χ1v) is 5.10. The van der Waals surface area contributed by atoms with Gasteiger partial charge in [0, 0.05) is 0 Å². The van der Waals surface area contributed by atoms with Crippen molar-refractivity contribution in [3.8, 4) is 0 Å². The van der Waals surface area contributed by atoms with Crippen LogP contribution >= 0.6 is 0 Å². The normalized spacial score (nSPS) is 33.9. The fourth-order valence-corrected chi connectivity index (χ4v) is 1.97. The van der Waals surface area contributed by atoms with Crippen LogP contribution in [0, 0.1) is 0 Å². The van der Waals surface area contributed by atoms with Crippen molar-refractivity contribution < 1.29 is 9.94 Å². The van der Waals surface area contributed by atoms with Gasteiger partial charge in [-0.15, -0.1) is 10.3 Å². The topological polar surface area (TPSA) is 32.4 Å². The molecule has 0 spiro atoms. The SMILES string of the molecule is CCC1([14CH2][14CH2][14CH3])OCC(C)(C)N1[O]. The van der Waals surface area contributed by atoms with Gasteiger partial charge in [0.1, 0.15) is 5.72 Å². The van der Waals surface area contributed by atoms with E-state index >= 15 is 0 Å². The van der Waals surface area contributed by atoms with Crippen LogP contribution < -0.4 is 0 Å². The van der Waals surface area contributed by atoms with E-state index < -0.39 is 5.72 Å². The predicted molar refractivity (Wildman–Crippen MR) is 50.5 cm³/mol. The zero-order valence-electron chi connectivity index (χ0n) is 9.09. The summed E-state index contributed by atoms with van der Waals surface area (Å²) in [5.41, 5.74) is -0.899. The highest BCUT2D eigenvalue weighted by atomic mass is 16.6. The molecule has 1 unspecified atom stereocenters. The largest absolute Gasteiger partial charge is 0.356 e. The van der Waals surface area contributed by atoms with E-state index in [0.29, 0.717) is 6.61 Å². The number of hydroxylamine groups is 2. The van der Waals surface area contributed by atoms with Crippen LogP contribution in [0.1, 0.15) is 47.0 Å². The lowest BCUT2D eigenvalue weighted by Gasteiger charge is -2.34. The smallest absolute Gasteiger partial charge is 0.147 e. The van der Waals surface area contributed by atoms with Crippen LogP contribution in [-0.4, -0.2) is 22.9 Å². The van der Waals surface area contributed by atoms with Gasteiger partial charge in [0.15, 0.2) is 0 Å². The van der Waals surface area contributed by atoms with E-state index in [0.717, 1.165) is 24.3 Å². The van der Waals surface area contributed by atoms with Gasteiger partial charge in [0.2, 0.25) is 0 Å². The standard InChI is InChI=1S/C10H20NO2/c1-5-7-10(6-2)11(12)9(3,4)8-13-10/h5-8H2,1-4H3/i1+2,5+2,7+2. The summed E-state index contributed by atoms with van der Waals surface area (Å²) in [6, 6.07) is 0. The molecular formula is C10H20NO2. The van der Waals surface area contributed by atoms with Crippen molar-refractivity contribution in [1.29, 1.82) is 0 Å². The maximum Gasteiger partial charge on any atom is 0.147 e. The molecule has 0 amide bonds. The summed E-state index contributed by atoms with van der Waals surface area (Å²) >= 11 is 0. The van der Waals surface area contributed by atoms with Crippen LogP contribution in [-0.2, 0) is 9.94 Å². The Labute approximate surface area is 80.6 Å². The first-order valence-electron chi connectivity index (χ1n) is 5.10. The summed E-state index contributed by atoms with van der Waals surface area (Å²) in [4.78, 5) is 0. The maximum atomic E-state index is 12.0. The molecule has 1 fully saturated rings. The van der Waals surface area contributed by atoms with Crippen molar-refractivity contribution in [2.45, 2.75) is 58.2 Å². The summed E-state index contributed by atoms with van der Waals surface area (Å²) < 4.78 is 5.67. The van der Waals surface area contributed by atoms with Gasteiger partial charge in [-0.25, -0.2) is 0 Å². The molecule has 1 aliphatic rings. The summed E-state index contributed by atoms with van der Waals surface area (Å²) in [6.07, 6.45) is 2.59. The van der Waals surface area contributed by atoms with Gasteiger partial charge in [-0.1, -0.05) is 20.3 Å². The van der Waals surface area contributed by atoms with Crippen molar-refractivity contribution >= 4 is 0 Å². The zero-order valence-corrected chi connectivity index (χ0v) is 9.09. The molecular weight excluding hydrogens is 172 g/mol. The van der Waals surface area contributed by atoms with E-state index in [9.17, 15) is 5.21 Å². The Bertz CT molecular complexity index is 182. The molecule has 0 bridgehead atoms. The number of hydrogen-bond acceptors (Lipinski definition) is 2. The number of rotatable bonds is 3. The highest BCUT2D eigenvalue weighted by molar-refractivity contribution is 4.92. The molecule has 1 radical (unpaired) electrons. The molecule has 1 rings (SSSR count). The Morgan fingerprint density at radius 2 is 2.23 bits per heavy atom. The third kappa shape index (κ3) is 1.73. The van der Waals surface area contributed by atoms with Gasteiger partial charge in [-0.3, -0.25) is 0 Å². The Morgan fingerprint density at radius 1 is 1.62 bits per heavy atom. The van der Waals surface area contributed by atoms with Gasteiger partial charge in [-0.2, -0.15) is 0 Å². The van der Waals surface area contributed by atoms with E-state index in [1.807, 2.05) is 20.8 Å². The second-order valence-corrected chi connectivity index (χ2v) is 4.45. The molecule has 13 heavy (non-hydrogen) atoms. The summed E-state index contributed by atoms with van der Waals surface area (Å²) in [5.74, 6) is 0. The van der Waals surface area contributed by atoms with Crippen LogP contribution in [0.4, 0.5) is 0 Å². The Balaban J connectivity index is 2.79. The summed E-state index contributed by atoms with van der Waals surface area (Å²) in [5, 5.41) is 13.1. The summed E-state index contributed by atoms with van der Waals surface area (Å²) in [7, 11) is 0. The molecule has 0 N–H and O–H groups in total. The molecule has 0 saturated carbocycles. The molecule has 0 aromatic rings. The third-order valence-corrected chi connectivity index (χ3v) is 2.81. The number of hydrogen-bond donors (Lipinski definition) is 0. The second-order valence-electron chi connectivity index (χ2n) is 4.45. The van der Waals surface area contributed by atoms with E-state index in [4.69, 9.17) is 4.74 Å². The van der Waals surface area contributed by atoms with Gasteiger partial charge >= 0.3 is 0 Å². The van der Waals surface area contributed by atoms with Crippen LogP contribution in [0.2, 0.25) is 0 Å². The number of nitrogens with zero attached hydrogens (tertiary/aromatic N) is 1. The quantitative estimate of drug-likeness (QED) is 0.687. The van der Waals surface area contributed by atoms with Crippen molar-refractivity contribution in [2.24, 2.45) is 0 Å². The average Bonchev–Trinajstić information content (AvgIpc) is 2.31. The van der Waals surface area contributed by atoms with E-state index in [1.165, 1.54) is 0 Å². The average molecular weight is 192 g/mol. The zero-order chi connectivity index (χ0) is 10.1. The first kappa shape index (κ1) is 11.0.